The van der Waals surface area contributed by atoms with Gasteiger partial charge in [-0.15, -0.1) is 0 Å². The van der Waals surface area contributed by atoms with Gasteiger partial charge in [-0.2, -0.15) is 0 Å². The molecule has 0 aromatic heterocycles. The van der Waals surface area contributed by atoms with Crippen LogP contribution in [0.2, 0.25) is 0 Å². The van der Waals surface area contributed by atoms with Crippen LogP contribution in [0.5, 0.6) is 17.2 Å². The van der Waals surface area contributed by atoms with Crippen LogP contribution >= 0.6 is 0 Å². The molecule has 0 aliphatic heterocycles. The predicted molar refractivity (Wildman–Crippen MR) is 118 cm³/mol. The van der Waals surface area contributed by atoms with E-state index in [1.807, 2.05) is 24.3 Å². The van der Waals surface area contributed by atoms with Crippen LogP contribution in [0.1, 0.15) is 28.2 Å². The van der Waals surface area contributed by atoms with Gasteiger partial charge in [-0.3, -0.25) is 14.9 Å². The van der Waals surface area contributed by atoms with Crippen LogP contribution in [0.25, 0.3) is 0 Å². The van der Waals surface area contributed by atoms with Gasteiger partial charge in [0.1, 0.15) is 5.75 Å². The number of carbonyl (C=O) groups is 1. The zero-order valence-corrected chi connectivity index (χ0v) is 17.9. The van der Waals surface area contributed by atoms with Gasteiger partial charge in [0.15, 0.2) is 11.5 Å². The molecular weight excluding hydrogens is 414 g/mol. The van der Waals surface area contributed by atoms with Gasteiger partial charge < -0.3 is 19.3 Å². The maximum Gasteiger partial charge on any atom is 0.307 e. The third kappa shape index (κ3) is 4.80. The Morgan fingerprint density at radius 1 is 0.906 bits per heavy atom. The van der Waals surface area contributed by atoms with E-state index in [0.717, 1.165) is 11.1 Å². The Hall–Kier alpha value is -4.07. The molecule has 0 fully saturated rings. The normalized spacial score (nSPS) is 11.5. The Labute approximate surface area is 185 Å². The van der Waals surface area contributed by atoms with Crippen molar-refractivity contribution in [2.24, 2.45) is 0 Å². The van der Waals surface area contributed by atoms with E-state index in [1.165, 1.54) is 26.4 Å². The Morgan fingerprint density at radius 2 is 1.44 bits per heavy atom. The Balaban J connectivity index is 2.26. The number of rotatable bonds is 9. The van der Waals surface area contributed by atoms with Gasteiger partial charge >= 0.3 is 5.97 Å². The average Bonchev–Trinajstić information content (AvgIpc) is 2.80. The second-order valence-electron chi connectivity index (χ2n) is 7.03. The number of hydrogen-bond acceptors (Lipinski definition) is 6. The summed E-state index contributed by atoms with van der Waals surface area (Å²) in [7, 11) is 4.56. The molecular formula is C24H23NO7. The van der Waals surface area contributed by atoms with Crippen molar-refractivity contribution in [3.8, 4) is 17.2 Å². The summed E-state index contributed by atoms with van der Waals surface area (Å²) in [4.78, 5) is 22.3. The first-order valence-corrected chi connectivity index (χ1v) is 9.72. The lowest BCUT2D eigenvalue weighted by molar-refractivity contribution is -0.384. The summed E-state index contributed by atoms with van der Waals surface area (Å²) in [5.41, 5.74) is 2.84. The molecule has 8 heteroatoms. The van der Waals surface area contributed by atoms with Gasteiger partial charge in [0.2, 0.25) is 0 Å². The zero-order valence-electron chi connectivity index (χ0n) is 17.9. The van der Waals surface area contributed by atoms with E-state index in [4.69, 9.17) is 14.2 Å². The summed E-state index contributed by atoms with van der Waals surface area (Å²) in [6.45, 7) is 0. The van der Waals surface area contributed by atoms with Crippen molar-refractivity contribution in [2.45, 2.75) is 12.3 Å². The first-order valence-electron chi connectivity index (χ1n) is 9.72. The molecule has 1 unspecified atom stereocenters. The summed E-state index contributed by atoms with van der Waals surface area (Å²) >= 11 is 0. The van der Waals surface area contributed by atoms with Crippen LogP contribution in [0.15, 0.2) is 60.7 Å². The first-order chi connectivity index (χ1) is 15.4. The van der Waals surface area contributed by atoms with Crippen molar-refractivity contribution < 1.29 is 29.0 Å². The summed E-state index contributed by atoms with van der Waals surface area (Å²) in [6.07, 6.45) is -0.227. The lowest BCUT2D eigenvalue weighted by atomic mass is 9.82. The zero-order chi connectivity index (χ0) is 23.3. The number of aliphatic carboxylic acids is 1. The molecule has 0 aliphatic carbocycles. The number of hydrogen-bond donors (Lipinski definition) is 1. The molecule has 3 aromatic carbocycles. The third-order valence-electron chi connectivity index (χ3n) is 5.18. The molecule has 3 rings (SSSR count). The molecule has 0 radical (unpaired) electrons. The van der Waals surface area contributed by atoms with Crippen LogP contribution < -0.4 is 14.2 Å². The van der Waals surface area contributed by atoms with Crippen molar-refractivity contribution in [1.82, 2.24) is 0 Å². The number of nitro benzene ring substituents is 1. The van der Waals surface area contributed by atoms with E-state index in [2.05, 4.69) is 0 Å². The van der Waals surface area contributed by atoms with Crippen molar-refractivity contribution in [3.63, 3.8) is 0 Å². The number of methoxy groups -OCH3 is 3. The van der Waals surface area contributed by atoms with E-state index in [1.54, 1.807) is 31.4 Å². The van der Waals surface area contributed by atoms with Gasteiger partial charge in [-0.25, -0.2) is 0 Å². The van der Waals surface area contributed by atoms with Crippen LogP contribution in [-0.2, 0) is 11.2 Å². The van der Waals surface area contributed by atoms with Crippen molar-refractivity contribution in [3.05, 3.63) is 93.0 Å². The number of nitro groups is 1. The van der Waals surface area contributed by atoms with E-state index < -0.39 is 16.8 Å². The monoisotopic (exact) mass is 437 g/mol. The number of non-ortho nitro benzene ring substituents is 1. The molecule has 3 aromatic rings. The first kappa shape index (κ1) is 22.6. The number of ether oxygens (including phenoxy) is 3. The van der Waals surface area contributed by atoms with Crippen LogP contribution in [0, 0.1) is 10.1 Å². The SMILES string of the molecule is COc1ccc(C(c2ccc([N+](=O)[O-])cc2)c2cc(OC)c(OC)cc2CC(=O)O)cc1. The van der Waals surface area contributed by atoms with E-state index in [0.29, 0.717) is 28.4 Å². The molecule has 1 atom stereocenters. The standard InChI is InChI=1S/C24H23NO7/c1-30-19-10-6-16(7-11-19)24(15-4-8-18(9-5-15)25(28)29)20-14-22(32-3)21(31-2)12-17(20)13-23(26)27/h4-12,14,24H,13H2,1-3H3,(H,26,27). The second-order valence-corrected chi connectivity index (χ2v) is 7.03. The fourth-order valence-electron chi connectivity index (χ4n) is 3.66. The van der Waals surface area contributed by atoms with Crippen LogP contribution in [-0.4, -0.2) is 37.3 Å². The van der Waals surface area contributed by atoms with E-state index in [-0.39, 0.29) is 12.1 Å². The molecule has 8 nitrogen and oxygen atoms in total. The summed E-state index contributed by atoms with van der Waals surface area (Å²) in [6, 6.07) is 17.0. The Kier molecular flexibility index (Phi) is 6.94. The highest BCUT2D eigenvalue weighted by Gasteiger charge is 2.24. The molecule has 0 bridgehead atoms. The van der Waals surface area contributed by atoms with Gasteiger partial charge in [0.05, 0.1) is 32.7 Å². The van der Waals surface area contributed by atoms with Crippen molar-refractivity contribution in [1.29, 1.82) is 0 Å². The van der Waals surface area contributed by atoms with E-state index in [9.17, 15) is 20.0 Å². The lowest BCUT2D eigenvalue weighted by Gasteiger charge is -2.23. The molecule has 0 saturated heterocycles. The molecule has 0 heterocycles. The number of carboxylic acids is 1. The fourth-order valence-corrected chi connectivity index (χ4v) is 3.66. The number of benzene rings is 3. The van der Waals surface area contributed by atoms with Crippen LogP contribution in [0.4, 0.5) is 5.69 Å². The smallest absolute Gasteiger partial charge is 0.307 e. The summed E-state index contributed by atoms with van der Waals surface area (Å²) in [5, 5.41) is 20.6. The molecule has 0 amide bonds. The Morgan fingerprint density at radius 3 is 1.91 bits per heavy atom. The third-order valence-corrected chi connectivity index (χ3v) is 5.18. The maximum absolute atomic E-state index is 11.6. The molecule has 0 spiro atoms. The minimum Gasteiger partial charge on any atom is -0.497 e. The maximum atomic E-state index is 11.6. The second kappa shape index (κ2) is 9.82. The van der Waals surface area contributed by atoms with Gasteiger partial charge in [0, 0.05) is 18.1 Å². The summed E-state index contributed by atoms with van der Waals surface area (Å²) in [5.74, 6) is 0.155. The predicted octanol–water partition coefficient (Wildman–Crippen LogP) is 4.43. The van der Waals surface area contributed by atoms with Gasteiger partial charge in [-0.1, -0.05) is 24.3 Å². The van der Waals surface area contributed by atoms with Crippen molar-refractivity contribution in [2.75, 3.05) is 21.3 Å². The lowest BCUT2D eigenvalue weighted by Crippen LogP contribution is -2.11. The van der Waals surface area contributed by atoms with Gasteiger partial charge in [0.25, 0.3) is 5.69 Å². The van der Waals surface area contributed by atoms with Crippen molar-refractivity contribution >= 4 is 11.7 Å². The number of nitrogens with zero attached hydrogens (tertiary/aromatic N) is 1. The molecule has 166 valence electrons. The van der Waals surface area contributed by atoms with E-state index >= 15 is 0 Å². The minimum absolute atomic E-state index is 0.0275. The van der Waals surface area contributed by atoms with Gasteiger partial charge in [-0.05, 0) is 46.5 Å². The van der Waals surface area contributed by atoms with Crippen LogP contribution in [0.3, 0.4) is 0 Å². The molecule has 32 heavy (non-hydrogen) atoms. The fraction of sp³-hybridized carbons (Fsp3) is 0.208. The molecule has 0 saturated carbocycles. The largest absolute Gasteiger partial charge is 0.497 e. The average molecular weight is 437 g/mol. The minimum atomic E-state index is -0.990. The summed E-state index contributed by atoms with van der Waals surface area (Å²) < 4.78 is 16.1. The molecule has 0 aliphatic rings. The highest BCUT2D eigenvalue weighted by atomic mass is 16.6. The Bertz CT molecular complexity index is 1110. The molecule has 1 N–H and O–H groups in total. The quantitative estimate of drug-likeness (QED) is 0.300. The topological polar surface area (TPSA) is 108 Å². The highest BCUT2D eigenvalue weighted by molar-refractivity contribution is 5.72. The highest BCUT2D eigenvalue weighted by Crippen LogP contribution is 2.40. The number of carboxylic acid groups (broad SMARTS) is 1.